The smallest absolute Gasteiger partial charge is 0.140 e. The SMILES string of the molecule is CC.Cc1cccc2c3cccnc3n(C)c12. The Morgan fingerprint density at radius 1 is 1.00 bits per heavy atom. The molecule has 0 unspecified atom stereocenters. The number of hydrogen-bond acceptors (Lipinski definition) is 1. The molecule has 3 aromatic rings. The quantitative estimate of drug-likeness (QED) is 0.565. The maximum Gasteiger partial charge on any atom is 0.140 e. The monoisotopic (exact) mass is 226 g/mol. The molecule has 0 saturated carbocycles. The van der Waals surface area contributed by atoms with E-state index >= 15 is 0 Å². The fraction of sp³-hybridized carbons (Fsp3) is 0.267. The van der Waals surface area contributed by atoms with Gasteiger partial charge in [-0.3, -0.25) is 0 Å². The van der Waals surface area contributed by atoms with E-state index in [1.807, 2.05) is 26.1 Å². The van der Waals surface area contributed by atoms with Gasteiger partial charge in [0.15, 0.2) is 0 Å². The van der Waals surface area contributed by atoms with E-state index in [2.05, 4.69) is 47.8 Å². The van der Waals surface area contributed by atoms with Crippen molar-refractivity contribution < 1.29 is 0 Å². The first-order valence-electron chi connectivity index (χ1n) is 6.08. The molecule has 0 saturated heterocycles. The van der Waals surface area contributed by atoms with Gasteiger partial charge in [-0.25, -0.2) is 4.98 Å². The molecule has 0 aliphatic carbocycles. The molecule has 0 aliphatic rings. The molecule has 2 nitrogen and oxygen atoms in total. The van der Waals surface area contributed by atoms with Crippen molar-refractivity contribution >= 4 is 21.9 Å². The highest BCUT2D eigenvalue weighted by atomic mass is 15.0. The Bertz CT molecular complexity index is 650. The van der Waals surface area contributed by atoms with Crippen molar-refractivity contribution in [3.8, 4) is 0 Å². The Labute approximate surface area is 102 Å². The summed E-state index contributed by atoms with van der Waals surface area (Å²) in [6, 6.07) is 10.5. The molecule has 0 fully saturated rings. The first-order chi connectivity index (χ1) is 8.29. The van der Waals surface area contributed by atoms with Crippen LogP contribution in [0.15, 0.2) is 36.5 Å². The summed E-state index contributed by atoms with van der Waals surface area (Å²) >= 11 is 0. The van der Waals surface area contributed by atoms with Gasteiger partial charge < -0.3 is 4.57 Å². The largest absolute Gasteiger partial charge is 0.328 e. The van der Waals surface area contributed by atoms with Gasteiger partial charge in [-0.1, -0.05) is 32.0 Å². The van der Waals surface area contributed by atoms with Crippen LogP contribution in [0.2, 0.25) is 0 Å². The minimum Gasteiger partial charge on any atom is -0.328 e. The van der Waals surface area contributed by atoms with E-state index < -0.39 is 0 Å². The van der Waals surface area contributed by atoms with Crippen LogP contribution in [0.25, 0.3) is 21.9 Å². The van der Waals surface area contributed by atoms with Gasteiger partial charge in [0.1, 0.15) is 5.65 Å². The minimum absolute atomic E-state index is 1.06. The third-order valence-electron chi connectivity index (χ3n) is 2.97. The second-order valence-corrected chi connectivity index (χ2v) is 3.90. The Balaban J connectivity index is 0.000000514. The average molecular weight is 226 g/mol. The van der Waals surface area contributed by atoms with Crippen molar-refractivity contribution in [2.24, 2.45) is 7.05 Å². The summed E-state index contributed by atoms with van der Waals surface area (Å²) in [5, 5.41) is 2.53. The molecular formula is C15H18N2. The zero-order chi connectivity index (χ0) is 12.4. The van der Waals surface area contributed by atoms with Crippen LogP contribution in [0.5, 0.6) is 0 Å². The predicted octanol–water partition coefficient (Wildman–Crippen LogP) is 4.06. The lowest BCUT2D eigenvalue weighted by atomic mass is 10.1. The van der Waals surface area contributed by atoms with Crippen molar-refractivity contribution in [2.75, 3.05) is 0 Å². The summed E-state index contributed by atoms with van der Waals surface area (Å²) in [7, 11) is 2.07. The van der Waals surface area contributed by atoms with Gasteiger partial charge in [-0.15, -0.1) is 0 Å². The topological polar surface area (TPSA) is 17.8 Å². The van der Waals surface area contributed by atoms with Crippen LogP contribution in [0.1, 0.15) is 19.4 Å². The molecule has 0 spiro atoms. The zero-order valence-electron chi connectivity index (χ0n) is 10.9. The third-order valence-corrected chi connectivity index (χ3v) is 2.97. The van der Waals surface area contributed by atoms with Crippen LogP contribution >= 0.6 is 0 Å². The molecule has 0 aliphatic heterocycles. The van der Waals surface area contributed by atoms with Crippen molar-refractivity contribution in [1.29, 1.82) is 0 Å². The lowest BCUT2D eigenvalue weighted by molar-refractivity contribution is 0.984. The summed E-state index contributed by atoms with van der Waals surface area (Å²) in [6.07, 6.45) is 1.84. The number of para-hydroxylation sites is 1. The number of aryl methyl sites for hydroxylation is 2. The lowest BCUT2D eigenvalue weighted by Crippen LogP contribution is -1.90. The number of fused-ring (bicyclic) bond motifs is 3. The van der Waals surface area contributed by atoms with Crippen LogP contribution in [-0.2, 0) is 7.05 Å². The van der Waals surface area contributed by atoms with Gasteiger partial charge in [0, 0.05) is 24.0 Å². The molecule has 2 aromatic heterocycles. The fourth-order valence-corrected chi connectivity index (χ4v) is 2.30. The van der Waals surface area contributed by atoms with E-state index in [0.717, 1.165) is 5.65 Å². The van der Waals surface area contributed by atoms with Crippen LogP contribution in [-0.4, -0.2) is 9.55 Å². The van der Waals surface area contributed by atoms with Crippen LogP contribution in [0.4, 0.5) is 0 Å². The molecule has 3 rings (SSSR count). The van der Waals surface area contributed by atoms with Crippen molar-refractivity contribution in [3.63, 3.8) is 0 Å². The maximum atomic E-state index is 4.42. The molecule has 0 radical (unpaired) electrons. The summed E-state index contributed by atoms with van der Waals surface area (Å²) < 4.78 is 2.17. The Morgan fingerprint density at radius 2 is 1.71 bits per heavy atom. The number of hydrogen-bond donors (Lipinski definition) is 0. The third kappa shape index (κ3) is 1.70. The average Bonchev–Trinajstić information content (AvgIpc) is 2.68. The summed E-state index contributed by atoms with van der Waals surface area (Å²) in [5.41, 5.74) is 3.64. The van der Waals surface area contributed by atoms with Crippen LogP contribution in [0.3, 0.4) is 0 Å². The van der Waals surface area contributed by atoms with Gasteiger partial charge in [-0.05, 0) is 24.6 Å². The van der Waals surface area contributed by atoms with E-state index in [9.17, 15) is 0 Å². The van der Waals surface area contributed by atoms with Gasteiger partial charge in [-0.2, -0.15) is 0 Å². The molecule has 2 heterocycles. The molecule has 0 atom stereocenters. The second kappa shape index (κ2) is 4.58. The molecule has 17 heavy (non-hydrogen) atoms. The number of benzene rings is 1. The maximum absolute atomic E-state index is 4.42. The van der Waals surface area contributed by atoms with Crippen LogP contribution < -0.4 is 0 Å². The first kappa shape index (κ1) is 11.6. The molecule has 0 amide bonds. The van der Waals surface area contributed by atoms with E-state index in [0.29, 0.717) is 0 Å². The molecule has 88 valence electrons. The number of aromatic nitrogens is 2. The van der Waals surface area contributed by atoms with E-state index in [4.69, 9.17) is 0 Å². The lowest BCUT2D eigenvalue weighted by Gasteiger charge is -1.99. The first-order valence-corrected chi connectivity index (χ1v) is 6.08. The predicted molar refractivity (Wildman–Crippen MR) is 74.3 cm³/mol. The summed E-state index contributed by atoms with van der Waals surface area (Å²) in [5.74, 6) is 0. The second-order valence-electron chi connectivity index (χ2n) is 3.90. The molecule has 2 heteroatoms. The van der Waals surface area contributed by atoms with E-state index in [1.54, 1.807) is 0 Å². The number of pyridine rings is 1. The van der Waals surface area contributed by atoms with Gasteiger partial charge in [0.2, 0.25) is 0 Å². The summed E-state index contributed by atoms with van der Waals surface area (Å²) in [6.45, 7) is 6.14. The molecule has 0 N–H and O–H groups in total. The fourth-order valence-electron chi connectivity index (χ4n) is 2.30. The normalized spacial score (nSPS) is 10.4. The summed E-state index contributed by atoms with van der Waals surface area (Å²) in [4.78, 5) is 4.42. The van der Waals surface area contributed by atoms with Crippen molar-refractivity contribution in [2.45, 2.75) is 20.8 Å². The standard InChI is InChI=1S/C13H12N2.C2H6/c1-9-5-3-6-10-11-7-4-8-14-13(11)15(2)12(9)10;1-2/h3-8H,1-2H3;1-2H3. The van der Waals surface area contributed by atoms with Gasteiger partial charge in [0.25, 0.3) is 0 Å². The van der Waals surface area contributed by atoms with Crippen molar-refractivity contribution in [3.05, 3.63) is 42.1 Å². The van der Waals surface area contributed by atoms with Gasteiger partial charge in [0.05, 0.1) is 5.52 Å². The highest BCUT2D eigenvalue weighted by Crippen LogP contribution is 2.28. The van der Waals surface area contributed by atoms with Crippen molar-refractivity contribution in [1.82, 2.24) is 9.55 Å². The Kier molecular flexibility index (Phi) is 3.14. The number of nitrogens with zero attached hydrogens (tertiary/aromatic N) is 2. The molecular weight excluding hydrogens is 208 g/mol. The molecule has 1 aromatic carbocycles. The van der Waals surface area contributed by atoms with E-state index in [-0.39, 0.29) is 0 Å². The zero-order valence-corrected chi connectivity index (χ0v) is 10.9. The molecule has 0 bridgehead atoms. The minimum atomic E-state index is 1.06. The van der Waals surface area contributed by atoms with E-state index in [1.165, 1.54) is 21.9 Å². The highest BCUT2D eigenvalue weighted by molar-refractivity contribution is 6.07. The Morgan fingerprint density at radius 3 is 2.47 bits per heavy atom. The number of rotatable bonds is 0. The van der Waals surface area contributed by atoms with Gasteiger partial charge >= 0.3 is 0 Å². The van der Waals surface area contributed by atoms with Crippen LogP contribution in [0, 0.1) is 6.92 Å². The Hall–Kier alpha value is -1.83. The highest BCUT2D eigenvalue weighted by Gasteiger charge is 2.09.